The Bertz CT molecular complexity index is 528. The maximum Gasteiger partial charge on any atom is 0.148 e. The lowest BCUT2D eigenvalue weighted by atomic mass is 10.1. The topological polar surface area (TPSA) is 88.8 Å². The minimum absolute atomic E-state index is 0.686. The first-order chi connectivity index (χ1) is 9.85. The summed E-state index contributed by atoms with van der Waals surface area (Å²) in [5.41, 5.74) is 4.86. The molecule has 0 bridgehead atoms. The number of nitrogens with zero attached hydrogens (tertiary/aromatic N) is 3. The van der Waals surface area contributed by atoms with Crippen LogP contribution in [0.4, 0.5) is 11.6 Å². The van der Waals surface area contributed by atoms with Crippen molar-refractivity contribution in [3.63, 3.8) is 0 Å². The lowest BCUT2D eigenvalue weighted by Crippen LogP contribution is -2.15. The van der Waals surface area contributed by atoms with Crippen LogP contribution in [0.2, 0.25) is 0 Å². The molecule has 0 radical (unpaired) electrons. The van der Waals surface area contributed by atoms with E-state index in [-0.39, 0.29) is 0 Å². The van der Waals surface area contributed by atoms with Crippen LogP contribution in [0, 0.1) is 0 Å². The van der Waals surface area contributed by atoms with Gasteiger partial charge in [0, 0.05) is 24.5 Å². The number of nitrogen functional groups attached to an aromatic ring is 1. The van der Waals surface area contributed by atoms with E-state index in [0.29, 0.717) is 5.82 Å². The summed E-state index contributed by atoms with van der Waals surface area (Å²) in [5.74, 6) is 7.03. The predicted octanol–water partition coefficient (Wildman–Crippen LogP) is 1.76. The van der Waals surface area contributed by atoms with Crippen molar-refractivity contribution >= 4 is 11.6 Å². The van der Waals surface area contributed by atoms with Crippen LogP contribution in [0.15, 0.2) is 30.9 Å². The van der Waals surface area contributed by atoms with Crippen molar-refractivity contribution in [1.82, 2.24) is 15.0 Å². The van der Waals surface area contributed by atoms with Gasteiger partial charge in [-0.05, 0) is 24.5 Å². The molecule has 0 atom stereocenters. The van der Waals surface area contributed by atoms with E-state index in [2.05, 4.69) is 38.7 Å². The minimum atomic E-state index is 0.686. The zero-order valence-corrected chi connectivity index (χ0v) is 11.6. The second-order valence-electron chi connectivity index (χ2n) is 4.48. The SMILES string of the molecule is CCCc1c(NN)ncnc1NCCc1cccnc1. The molecule has 0 aliphatic carbocycles. The monoisotopic (exact) mass is 272 g/mol. The van der Waals surface area contributed by atoms with E-state index >= 15 is 0 Å². The first kappa shape index (κ1) is 14.2. The summed E-state index contributed by atoms with van der Waals surface area (Å²) in [5, 5.41) is 3.35. The van der Waals surface area contributed by atoms with Crippen molar-refractivity contribution in [2.45, 2.75) is 26.2 Å². The average Bonchev–Trinajstić information content (AvgIpc) is 2.50. The third-order valence-electron chi connectivity index (χ3n) is 3.01. The number of hydrogen-bond donors (Lipinski definition) is 3. The minimum Gasteiger partial charge on any atom is -0.369 e. The molecule has 0 amide bonds. The number of aromatic nitrogens is 3. The lowest BCUT2D eigenvalue weighted by Gasteiger charge is -2.13. The molecule has 6 heteroatoms. The number of pyridine rings is 1. The summed E-state index contributed by atoms with van der Waals surface area (Å²) in [4.78, 5) is 12.6. The normalized spacial score (nSPS) is 10.3. The van der Waals surface area contributed by atoms with Gasteiger partial charge < -0.3 is 10.7 Å². The van der Waals surface area contributed by atoms with Gasteiger partial charge in [0.1, 0.15) is 18.0 Å². The Morgan fingerprint density at radius 1 is 1.20 bits per heavy atom. The second kappa shape index (κ2) is 7.40. The molecular formula is C14H20N6. The van der Waals surface area contributed by atoms with Crippen molar-refractivity contribution in [2.24, 2.45) is 5.84 Å². The first-order valence-corrected chi connectivity index (χ1v) is 6.78. The third kappa shape index (κ3) is 3.64. The Labute approximate surface area is 118 Å². The highest BCUT2D eigenvalue weighted by molar-refractivity contribution is 5.56. The van der Waals surface area contributed by atoms with Crippen LogP contribution in [0.3, 0.4) is 0 Å². The molecule has 0 saturated carbocycles. The molecule has 20 heavy (non-hydrogen) atoms. The van der Waals surface area contributed by atoms with E-state index in [1.54, 1.807) is 6.20 Å². The molecule has 0 saturated heterocycles. The summed E-state index contributed by atoms with van der Waals surface area (Å²) in [6, 6.07) is 4.01. The number of rotatable bonds is 7. The van der Waals surface area contributed by atoms with E-state index in [1.807, 2.05) is 12.3 Å². The molecule has 0 unspecified atom stereocenters. The lowest BCUT2D eigenvalue weighted by molar-refractivity contribution is 0.892. The fourth-order valence-corrected chi connectivity index (χ4v) is 2.05. The van der Waals surface area contributed by atoms with Crippen molar-refractivity contribution in [1.29, 1.82) is 0 Å². The summed E-state index contributed by atoms with van der Waals surface area (Å²) in [6.07, 6.45) is 7.96. The van der Waals surface area contributed by atoms with Crippen LogP contribution in [-0.2, 0) is 12.8 Å². The van der Waals surface area contributed by atoms with Gasteiger partial charge in [-0.3, -0.25) is 4.98 Å². The van der Waals surface area contributed by atoms with Crippen LogP contribution in [-0.4, -0.2) is 21.5 Å². The molecule has 2 aromatic heterocycles. The van der Waals surface area contributed by atoms with E-state index in [9.17, 15) is 0 Å². The summed E-state index contributed by atoms with van der Waals surface area (Å²) in [7, 11) is 0. The Morgan fingerprint density at radius 2 is 2.05 bits per heavy atom. The van der Waals surface area contributed by atoms with Crippen LogP contribution in [0.1, 0.15) is 24.5 Å². The standard InChI is InChI=1S/C14H20N6/c1-2-4-12-13(18-10-19-14(12)20-15)17-8-6-11-5-3-7-16-9-11/h3,5,7,9-10H,2,4,6,8,15H2,1H3,(H2,17,18,19,20). The number of anilines is 2. The molecule has 0 spiro atoms. The summed E-state index contributed by atoms with van der Waals surface area (Å²) >= 11 is 0. The Balaban J connectivity index is 2.01. The highest BCUT2D eigenvalue weighted by atomic mass is 15.3. The molecule has 0 fully saturated rings. The summed E-state index contributed by atoms with van der Waals surface area (Å²) < 4.78 is 0. The fraction of sp³-hybridized carbons (Fsp3) is 0.357. The number of hydrazine groups is 1. The quantitative estimate of drug-likeness (QED) is 0.526. The predicted molar refractivity (Wildman–Crippen MR) is 80.3 cm³/mol. The fourth-order valence-electron chi connectivity index (χ4n) is 2.05. The van der Waals surface area contributed by atoms with Gasteiger partial charge in [-0.15, -0.1) is 0 Å². The molecule has 2 rings (SSSR count). The van der Waals surface area contributed by atoms with E-state index in [0.717, 1.165) is 37.2 Å². The van der Waals surface area contributed by atoms with Crippen LogP contribution in [0.25, 0.3) is 0 Å². The van der Waals surface area contributed by atoms with E-state index < -0.39 is 0 Å². The molecule has 0 aromatic carbocycles. The first-order valence-electron chi connectivity index (χ1n) is 6.78. The molecule has 6 nitrogen and oxygen atoms in total. The molecule has 106 valence electrons. The van der Waals surface area contributed by atoms with Crippen LogP contribution in [0.5, 0.6) is 0 Å². The molecule has 0 aliphatic rings. The van der Waals surface area contributed by atoms with Crippen LogP contribution >= 0.6 is 0 Å². The molecule has 2 heterocycles. The van der Waals surface area contributed by atoms with Gasteiger partial charge in [-0.2, -0.15) is 0 Å². The van der Waals surface area contributed by atoms with Gasteiger partial charge in [-0.25, -0.2) is 15.8 Å². The molecular weight excluding hydrogens is 252 g/mol. The van der Waals surface area contributed by atoms with Gasteiger partial charge in [0.25, 0.3) is 0 Å². The number of hydrogen-bond acceptors (Lipinski definition) is 6. The van der Waals surface area contributed by atoms with Crippen LogP contribution < -0.4 is 16.6 Å². The third-order valence-corrected chi connectivity index (χ3v) is 3.01. The smallest absolute Gasteiger partial charge is 0.148 e. The van der Waals surface area contributed by atoms with Crippen molar-refractivity contribution in [3.05, 3.63) is 42.0 Å². The molecule has 0 aliphatic heterocycles. The van der Waals surface area contributed by atoms with E-state index in [4.69, 9.17) is 5.84 Å². The zero-order chi connectivity index (χ0) is 14.2. The average molecular weight is 272 g/mol. The highest BCUT2D eigenvalue weighted by Crippen LogP contribution is 2.20. The van der Waals surface area contributed by atoms with Gasteiger partial charge in [0.15, 0.2) is 0 Å². The van der Waals surface area contributed by atoms with Crippen molar-refractivity contribution in [2.75, 3.05) is 17.3 Å². The number of nitrogens with one attached hydrogen (secondary N) is 2. The Hall–Kier alpha value is -2.21. The van der Waals surface area contributed by atoms with Crippen molar-refractivity contribution in [3.8, 4) is 0 Å². The van der Waals surface area contributed by atoms with Crippen molar-refractivity contribution < 1.29 is 0 Å². The van der Waals surface area contributed by atoms with Gasteiger partial charge >= 0.3 is 0 Å². The summed E-state index contributed by atoms with van der Waals surface area (Å²) in [6.45, 7) is 2.91. The Morgan fingerprint density at radius 3 is 2.75 bits per heavy atom. The highest BCUT2D eigenvalue weighted by Gasteiger charge is 2.09. The maximum atomic E-state index is 5.49. The molecule has 2 aromatic rings. The maximum absolute atomic E-state index is 5.49. The number of nitrogens with two attached hydrogens (primary N) is 1. The second-order valence-corrected chi connectivity index (χ2v) is 4.48. The molecule has 4 N–H and O–H groups in total. The Kier molecular flexibility index (Phi) is 5.25. The van der Waals surface area contributed by atoms with Gasteiger partial charge in [0.2, 0.25) is 0 Å². The van der Waals surface area contributed by atoms with E-state index in [1.165, 1.54) is 11.9 Å². The van der Waals surface area contributed by atoms with Gasteiger partial charge in [0.05, 0.1) is 0 Å². The van der Waals surface area contributed by atoms with Gasteiger partial charge in [-0.1, -0.05) is 19.4 Å². The largest absolute Gasteiger partial charge is 0.369 e. The zero-order valence-electron chi connectivity index (χ0n) is 11.6.